The third kappa shape index (κ3) is 1.71. The van der Waals surface area contributed by atoms with Crippen LogP contribution in [-0.2, 0) is 13.1 Å². The van der Waals surface area contributed by atoms with Crippen LogP contribution in [0.5, 0.6) is 0 Å². The summed E-state index contributed by atoms with van der Waals surface area (Å²) in [4.78, 5) is 6.64. The van der Waals surface area contributed by atoms with E-state index in [9.17, 15) is 0 Å². The summed E-state index contributed by atoms with van der Waals surface area (Å²) in [5.41, 5.74) is 10.6. The fourth-order valence-electron chi connectivity index (χ4n) is 2.96. The second kappa shape index (κ2) is 4.23. The normalized spacial score (nSPS) is 13.7. The van der Waals surface area contributed by atoms with Gasteiger partial charge in [0, 0.05) is 42.2 Å². The highest BCUT2D eigenvalue weighted by Crippen LogP contribution is 2.33. The molecule has 2 aromatic carbocycles. The van der Waals surface area contributed by atoms with Gasteiger partial charge in [0.2, 0.25) is 0 Å². The first-order valence-corrected chi connectivity index (χ1v) is 6.76. The summed E-state index contributed by atoms with van der Waals surface area (Å²) in [7, 11) is 0. The molecule has 1 aromatic heterocycles. The molecule has 3 nitrogen and oxygen atoms in total. The Morgan fingerprint density at radius 1 is 1.00 bits per heavy atom. The Labute approximate surface area is 117 Å². The molecule has 0 radical (unpaired) electrons. The standard InChI is InChI=1S/C17H15N3/c18-15-5-4-13-10-20(11-14(13)8-15)17-3-1-2-12-6-7-19-9-16(12)17/h1-9H,10-11,18H2. The van der Waals surface area contributed by atoms with E-state index in [-0.39, 0.29) is 0 Å². The van der Waals surface area contributed by atoms with Crippen LogP contribution in [-0.4, -0.2) is 4.98 Å². The average Bonchev–Trinajstić information content (AvgIpc) is 2.89. The van der Waals surface area contributed by atoms with E-state index < -0.39 is 0 Å². The van der Waals surface area contributed by atoms with E-state index in [1.165, 1.54) is 27.6 Å². The van der Waals surface area contributed by atoms with Gasteiger partial charge in [0.1, 0.15) is 0 Å². The van der Waals surface area contributed by atoms with Gasteiger partial charge in [-0.05, 0) is 40.8 Å². The van der Waals surface area contributed by atoms with Crippen molar-refractivity contribution in [2.45, 2.75) is 13.1 Å². The van der Waals surface area contributed by atoms with Crippen LogP contribution < -0.4 is 10.6 Å². The van der Waals surface area contributed by atoms with E-state index in [2.05, 4.69) is 46.3 Å². The van der Waals surface area contributed by atoms with Gasteiger partial charge in [0.05, 0.1) is 0 Å². The van der Waals surface area contributed by atoms with Gasteiger partial charge in [-0.25, -0.2) is 0 Å². The highest BCUT2D eigenvalue weighted by atomic mass is 15.1. The zero-order valence-electron chi connectivity index (χ0n) is 11.1. The highest BCUT2D eigenvalue weighted by molar-refractivity contribution is 5.93. The summed E-state index contributed by atoms with van der Waals surface area (Å²) in [6.45, 7) is 1.85. The van der Waals surface area contributed by atoms with Crippen molar-refractivity contribution < 1.29 is 0 Å². The van der Waals surface area contributed by atoms with Gasteiger partial charge in [-0.2, -0.15) is 0 Å². The summed E-state index contributed by atoms with van der Waals surface area (Å²) in [5.74, 6) is 0. The highest BCUT2D eigenvalue weighted by Gasteiger charge is 2.20. The van der Waals surface area contributed by atoms with Gasteiger partial charge in [0.25, 0.3) is 0 Å². The van der Waals surface area contributed by atoms with Crippen LogP contribution in [0.1, 0.15) is 11.1 Å². The van der Waals surface area contributed by atoms with Crippen molar-refractivity contribution in [2.24, 2.45) is 0 Å². The Kier molecular flexibility index (Phi) is 2.39. The number of nitrogens with two attached hydrogens (primary N) is 1. The van der Waals surface area contributed by atoms with Crippen molar-refractivity contribution in [3.8, 4) is 0 Å². The number of hydrogen-bond acceptors (Lipinski definition) is 3. The number of fused-ring (bicyclic) bond motifs is 2. The third-order valence-electron chi connectivity index (χ3n) is 3.95. The first-order chi connectivity index (χ1) is 9.81. The monoisotopic (exact) mass is 261 g/mol. The Morgan fingerprint density at radius 3 is 2.85 bits per heavy atom. The van der Waals surface area contributed by atoms with Crippen molar-refractivity contribution in [3.05, 3.63) is 66.0 Å². The van der Waals surface area contributed by atoms with Crippen molar-refractivity contribution in [2.75, 3.05) is 10.6 Å². The molecule has 0 bridgehead atoms. The van der Waals surface area contributed by atoms with Crippen molar-refractivity contribution in [3.63, 3.8) is 0 Å². The van der Waals surface area contributed by atoms with E-state index >= 15 is 0 Å². The predicted molar refractivity (Wildman–Crippen MR) is 82.5 cm³/mol. The predicted octanol–water partition coefficient (Wildman–Crippen LogP) is 3.34. The van der Waals surface area contributed by atoms with Crippen LogP contribution in [0.15, 0.2) is 54.9 Å². The second-order valence-electron chi connectivity index (χ2n) is 5.26. The maximum atomic E-state index is 5.88. The van der Waals surface area contributed by atoms with Gasteiger partial charge >= 0.3 is 0 Å². The zero-order chi connectivity index (χ0) is 13.5. The molecule has 20 heavy (non-hydrogen) atoms. The Balaban J connectivity index is 1.79. The van der Waals surface area contributed by atoms with E-state index in [0.717, 1.165) is 18.8 Å². The summed E-state index contributed by atoms with van der Waals surface area (Å²) < 4.78 is 0. The number of pyridine rings is 1. The molecule has 1 aliphatic heterocycles. The molecule has 2 heterocycles. The number of hydrogen-bond donors (Lipinski definition) is 1. The number of benzene rings is 2. The maximum absolute atomic E-state index is 5.88. The molecule has 0 fully saturated rings. The van der Waals surface area contributed by atoms with E-state index in [1.54, 1.807) is 0 Å². The molecule has 0 aliphatic carbocycles. The lowest BCUT2D eigenvalue weighted by atomic mass is 10.1. The molecule has 1 aliphatic rings. The number of nitrogen functional groups attached to an aromatic ring is 1. The van der Waals surface area contributed by atoms with E-state index in [0.29, 0.717) is 0 Å². The summed E-state index contributed by atoms with van der Waals surface area (Å²) >= 11 is 0. The molecular weight excluding hydrogens is 246 g/mol. The van der Waals surface area contributed by atoms with Crippen molar-refractivity contribution in [1.29, 1.82) is 0 Å². The molecule has 2 N–H and O–H groups in total. The minimum Gasteiger partial charge on any atom is -0.399 e. The van der Waals surface area contributed by atoms with Crippen LogP contribution in [0.2, 0.25) is 0 Å². The van der Waals surface area contributed by atoms with Gasteiger partial charge in [-0.3, -0.25) is 4.98 Å². The molecule has 98 valence electrons. The molecule has 3 heteroatoms. The second-order valence-corrected chi connectivity index (χ2v) is 5.26. The fraction of sp³-hybridized carbons (Fsp3) is 0.118. The fourth-order valence-corrected chi connectivity index (χ4v) is 2.96. The van der Waals surface area contributed by atoms with Gasteiger partial charge < -0.3 is 10.6 Å². The van der Waals surface area contributed by atoms with Crippen LogP contribution in [0.3, 0.4) is 0 Å². The third-order valence-corrected chi connectivity index (χ3v) is 3.95. The molecule has 0 atom stereocenters. The Hall–Kier alpha value is -2.55. The molecule has 0 saturated heterocycles. The smallest absolute Gasteiger partial charge is 0.0467 e. The largest absolute Gasteiger partial charge is 0.399 e. The lowest BCUT2D eigenvalue weighted by Gasteiger charge is -2.19. The van der Waals surface area contributed by atoms with Crippen LogP contribution in [0, 0.1) is 0 Å². The Bertz CT molecular complexity index is 790. The molecule has 0 saturated carbocycles. The molecule has 4 rings (SSSR count). The number of anilines is 2. The topological polar surface area (TPSA) is 42.1 Å². The van der Waals surface area contributed by atoms with Crippen molar-refractivity contribution in [1.82, 2.24) is 4.98 Å². The zero-order valence-corrected chi connectivity index (χ0v) is 11.1. The first kappa shape index (κ1) is 11.3. The molecule has 0 unspecified atom stereocenters. The van der Waals surface area contributed by atoms with E-state index in [1.807, 2.05) is 18.5 Å². The summed E-state index contributed by atoms with van der Waals surface area (Å²) in [5, 5.41) is 2.43. The Morgan fingerprint density at radius 2 is 1.90 bits per heavy atom. The van der Waals surface area contributed by atoms with Gasteiger partial charge in [-0.1, -0.05) is 18.2 Å². The molecule has 0 spiro atoms. The van der Waals surface area contributed by atoms with Crippen LogP contribution in [0.4, 0.5) is 11.4 Å². The summed E-state index contributed by atoms with van der Waals surface area (Å²) in [6, 6.07) is 14.6. The van der Waals surface area contributed by atoms with Crippen LogP contribution in [0.25, 0.3) is 10.8 Å². The van der Waals surface area contributed by atoms with Crippen LogP contribution >= 0.6 is 0 Å². The van der Waals surface area contributed by atoms with Gasteiger partial charge in [0.15, 0.2) is 0 Å². The lowest BCUT2D eigenvalue weighted by Crippen LogP contribution is -2.14. The number of aromatic nitrogens is 1. The first-order valence-electron chi connectivity index (χ1n) is 6.76. The summed E-state index contributed by atoms with van der Waals surface area (Å²) in [6.07, 6.45) is 3.79. The van der Waals surface area contributed by atoms with Crippen molar-refractivity contribution >= 4 is 22.1 Å². The maximum Gasteiger partial charge on any atom is 0.0467 e. The minimum atomic E-state index is 0.838. The average molecular weight is 261 g/mol. The van der Waals surface area contributed by atoms with E-state index in [4.69, 9.17) is 5.73 Å². The minimum absolute atomic E-state index is 0.838. The SMILES string of the molecule is Nc1ccc2c(c1)CN(c1cccc3ccncc13)C2. The molecule has 3 aromatic rings. The number of nitrogens with zero attached hydrogens (tertiary/aromatic N) is 2. The van der Waals surface area contributed by atoms with Gasteiger partial charge in [-0.15, -0.1) is 0 Å². The number of rotatable bonds is 1. The molecule has 0 amide bonds. The quantitative estimate of drug-likeness (QED) is 0.683. The lowest BCUT2D eigenvalue weighted by molar-refractivity contribution is 0.885. The molecular formula is C17H15N3.